The second-order valence-electron chi connectivity index (χ2n) is 6.63. The summed E-state index contributed by atoms with van der Waals surface area (Å²) in [5.41, 5.74) is 1.75. The fourth-order valence-electron chi connectivity index (χ4n) is 2.95. The predicted octanol–water partition coefficient (Wildman–Crippen LogP) is 3.44. The Morgan fingerprint density at radius 1 is 1.05 bits per heavy atom. The lowest BCUT2D eigenvalue weighted by Gasteiger charge is -2.26. The first-order valence-corrected chi connectivity index (χ1v) is 8.18. The highest BCUT2D eigenvalue weighted by Gasteiger charge is 2.23. The molecule has 2 amide bonds. The number of anilines is 1. The molecule has 22 heavy (non-hydrogen) atoms. The zero-order valence-corrected chi connectivity index (χ0v) is 13.7. The van der Waals surface area contributed by atoms with E-state index in [9.17, 15) is 9.59 Å². The van der Waals surface area contributed by atoms with Crippen molar-refractivity contribution in [3.63, 3.8) is 0 Å². The largest absolute Gasteiger partial charge is 0.345 e. The quantitative estimate of drug-likeness (QED) is 0.840. The third kappa shape index (κ3) is 4.33. The summed E-state index contributed by atoms with van der Waals surface area (Å²) in [6.07, 6.45) is 4.15. The van der Waals surface area contributed by atoms with Gasteiger partial charge in [-0.05, 0) is 49.1 Å². The maximum atomic E-state index is 12.1. The van der Waals surface area contributed by atoms with Crippen molar-refractivity contribution in [2.24, 2.45) is 5.92 Å². The first-order chi connectivity index (χ1) is 10.5. The number of carbonyl (C=O) groups is 2. The van der Waals surface area contributed by atoms with Crippen LogP contribution < -0.4 is 10.6 Å². The van der Waals surface area contributed by atoms with Gasteiger partial charge in [-0.25, -0.2) is 0 Å². The summed E-state index contributed by atoms with van der Waals surface area (Å²) >= 11 is 0. The van der Waals surface area contributed by atoms with Crippen LogP contribution in [0.3, 0.4) is 0 Å². The van der Waals surface area contributed by atoms with Gasteiger partial charge in [-0.2, -0.15) is 0 Å². The Labute approximate surface area is 132 Å². The lowest BCUT2D eigenvalue weighted by atomic mass is 9.87. The van der Waals surface area contributed by atoms with Crippen molar-refractivity contribution in [2.75, 3.05) is 5.32 Å². The molecule has 1 fully saturated rings. The first kappa shape index (κ1) is 16.5. The summed E-state index contributed by atoms with van der Waals surface area (Å²) in [6.45, 7) is 6.36. The number of para-hydroxylation sites is 1. The van der Waals surface area contributed by atoms with E-state index >= 15 is 0 Å². The van der Waals surface area contributed by atoms with Gasteiger partial charge in [0.2, 0.25) is 0 Å². The van der Waals surface area contributed by atoms with Crippen LogP contribution in [-0.4, -0.2) is 17.9 Å². The van der Waals surface area contributed by atoms with E-state index in [0.29, 0.717) is 5.92 Å². The van der Waals surface area contributed by atoms with Gasteiger partial charge < -0.3 is 10.6 Å². The van der Waals surface area contributed by atoms with E-state index in [2.05, 4.69) is 31.4 Å². The summed E-state index contributed by atoms with van der Waals surface area (Å²) in [7, 11) is 0. The number of hydrogen-bond donors (Lipinski definition) is 2. The highest BCUT2D eigenvalue weighted by atomic mass is 16.2. The molecule has 0 unspecified atom stereocenters. The van der Waals surface area contributed by atoms with Crippen molar-refractivity contribution in [2.45, 2.75) is 58.4 Å². The van der Waals surface area contributed by atoms with E-state index in [1.807, 2.05) is 24.3 Å². The minimum absolute atomic E-state index is 0.134. The summed E-state index contributed by atoms with van der Waals surface area (Å²) in [4.78, 5) is 24.2. The SMILES string of the molecule is CC1CCC(NC(=O)C(=O)Nc2ccccc2C(C)C)CC1. The number of carbonyl (C=O) groups excluding carboxylic acids is 2. The molecular formula is C18H26N2O2. The molecule has 1 aromatic rings. The number of amides is 2. The molecule has 2 N–H and O–H groups in total. The van der Waals surface area contributed by atoms with Gasteiger partial charge in [0, 0.05) is 11.7 Å². The molecule has 1 aromatic carbocycles. The summed E-state index contributed by atoms with van der Waals surface area (Å²) in [6, 6.07) is 7.74. The van der Waals surface area contributed by atoms with Crippen LogP contribution in [0.2, 0.25) is 0 Å². The average Bonchev–Trinajstić information content (AvgIpc) is 2.49. The Bertz CT molecular complexity index is 532. The standard InChI is InChI=1S/C18H26N2O2/c1-12(2)15-6-4-5-7-16(15)20-18(22)17(21)19-14-10-8-13(3)9-11-14/h4-7,12-14H,8-11H2,1-3H3,(H,19,21)(H,20,22). The monoisotopic (exact) mass is 302 g/mol. The topological polar surface area (TPSA) is 58.2 Å². The molecule has 120 valence electrons. The van der Waals surface area contributed by atoms with Crippen molar-refractivity contribution < 1.29 is 9.59 Å². The van der Waals surface area contributed by atoms with E-state index < -0.39 is 11.8 Å². The molecule has 0 saturated heterocycles. The van der Waals surface area contributed by atoms with Gasteiger partial charge in [-0.15, -0.1) is 0 Å². The Morgan fingerprint density at radius 2 is 1.68 bits per heavy atom. The van der Waals surface area contributed by atoms with Gasteiger partial charge >= 0.3 is 11.8 Å². The van der Waals surface area contributed by atoms with Crippen LogP contribution in [0.25, 0.3) is 0 Å². The summed E-state index contributed by atoms with van der Waals surface area (Å²) in [5.74, 6) is -0.0934. The number of nitrogens with one attached hydrogen (secondary N) is 2. The second-order valence-corrected chi connectivity index (χ2v) is 6.63. The Balaban J connectivity index is 1.93. The van der Waals surface area contributed by atoms with Gasteiger partial charge in [0.05, 0.1) is 0 Å². The molecule has 0 heterocycles. The fraction of sp³-hybridized carbons (Fsp3) is 0.556. The van der Waals surface area contributed by atoms with E-state index in [-0.39, 0.29) is 6.04 Å². The van der Waals surface area contributed by atoms with Gasteiger partial charge in [0.15, 0.2) is 0 Å². The van der Waals surface area contributed by atoms with Crippen LogP contribution in [-0.2, 0) is 9.59 Å². The Hall–Kier alpha value is -1.84. The third-order valence-electron chi connectivity index (χ3n) is 4.39. The minimum atomic E-state index is -0.577. The molecule has 2 rings (SSSR count). The number of benzene rings is 1. The summed E-state index contributed by atoms with van der Waals surface area (Å²) < 4.78 is 0. The highest BCUT2D eigenvalue weighted by molar-refractivity contribution is 6.39. The van der Waals surface area contributed by atoms with Crippen LogP contribution in [0.5, 0.6) is 0 Å². The zero-order chi connectivity index (χ0) is 16.1. The first-order valence-electron chi connectivity index (χ1n) is 8.18. The molecule has 4 heteroatoms. The van der Waals surface area contributed by atoms with Gasteiger partial charge in [-0.3, -0.25) is 9.59 Å². The molecule has 0 radical (unpaired) electrons. The van der Waals surface area contributed by atoms with Gasteiger partial charge in [0.25, 0.3) is 0 Å². The van der Waals surface area contributed by atoms with Crippen LogP contribution in [0, 0.1) is 5.92 Å². The molecule has 0 aliphatic heterocycles. The lowest BCUT2D eigenvalue weighted by molar-refractivity contribution is -0.136. The van der Waals surface area contributed by atoms with E-state index in [4.69, 9.17) is 0 Å². The Morgan fingerprint density at radius 3 is 2.32 bits per heavy atom. The fourth-order valence-corrected chi connectivity index (χ4v) is 2.95. The van der Waals surface area contributed by atoms with Crippen molar-refractivity contribution in [1.82, 2.24) is 5.32 Å². The maximum absolute atomic E-state index is 12.1. The Kier molecular flexibility index (Phi) is 5.58. The zero-order valence-electron chi connectivity index (χ0n) is 13.7. The normalized spacial score (nSPS) is 21.5. The van der Waals surface area contributed by atoms with Crippen molar-refractivity contribution in [3.8, 4) is 0 Å². The highest BCUT2D eigenvalue weighted by Crippen LogP contribution is 2.24. The second kappa shape index (κ2) is 7.43. The van der Waals surface area contributed by atoms with Crippen molar-refractivity contribution in [1.29, 1.82) is 0 Å². The molecule has 1 aliphatic carbocycles. The smallest absolute Gasteiger partial charge is 0.313 e. The maximum Gasteiger partial charge on any atom is 0.313 e. The molecule has 4 nitrogen and oxygen atoms in total. The van der Waals surface area contributed by atoms with Crippen LogP contribution in [0.1, 0.15) is 57.9 Å². The molecule has 0 spiro atoms. The molecule has 0 bridgehead atoms. The van der Waals surface area contributed by atoms with Crippen molar-refractivity contribution >= 4 is 17.5 Å². The molecule has 1 aliphatic rings. The van der Waals surface area contributed by atoms with E-state index in [1.54, 1.807) is 0 Å². The van der Waals surface area contributed by atoms with Gasteiger partial charge in [0.1, 0.15) is 0 Å². The van der Waals surface area contributed by atoms with E-state index in [0.717, 1.165) is 42.9 Å². The van der Waals surface area contributed by atoms with Crippen LogP contribution in [0.15, 0.2) is 24.3 Å². The van der Waals surface area contributed by atoms with Crippen molar-refractivity contribution in [3.05, 3.63) is 29.8 Å². The van der Waals surface area contributed by atoms with Crippen LogP contribution >= 0.6 is 0 Å². The molecular weight excluding hydrogens is 276 g/mol. The summed E-state index contributed by atoms with van der Waals surface area (Å²) in [5, 5.41) is 5.60. The van der Waals surface area contributed by atoms with E-state index in [1.165, 1.54) is 0 Å². The predicted molar refractivity (Wildman–Crippen MR) is 88.7 cm³/mol. The number of hydrogen-bond acceptors (Lipinski definition) is 2. The minimum Gasteiger partial charge on any atom is -0.345 e. The third-order valence-corrected chi connectivity index (χ3v) is 4.39. The van der Waals surface area contributed by atoms with Crippen LogP contribution in [0.4, 0.5) is 5.69 Å². The molecule has 1 saturated carbocycles. The molecule has 0 aromatic heterocycles. The lowest BCUT2D eigenvalue weighted by Crippen LogP contribution is -2.43. The molecule has 0 atom stereocenters. The average molecular weight is 302 g/mol. The van der Waals surface area contributed by atoms with Gasteiger partial charge in [-0.1, -0.05) is 39.0 Å². The number of rotatable bonds is 3.